The molecule has 6 nitrogen and oxygen atoms in total. The molecule has 1 amide bonds. The summed E-state index contributed by atoms with van der Waals surface area (Å²) in [5.41, 5.74) is 1.62. The van der Waals surface area contributed by atoms with Crippen LogP contribution in [0.5, 0.6) is 0 Å². The van der Waals surface area contributed by atoms with Gasteiger partial charge in [-0.15, -0.1) is 0 Å². The van der Waals surface area contributed by atoms with Gasteiger partial charge in [0.05, 0.1) is 24.5 Å². The van der Waals surface area contributed by atoms with Crippen LogP contribution in [0.15, 0.2) is 48.9 Å². The fourth-order valence-corrected chi connectivity index (χ4v) is 2.53. The quantitative estimate of drug-likeness (QED) is 0.754. The Bertz CT molecular complexity index is 723. The van der Waals surface area contributed by atoms with E-state index in [4.69, 9.17) is 0 Å². The van der Waals surface area contributed by atoms with Crippen molar-refractivity contribution in [3.05, 3.63) is 66.0 Å². The highest BCUT2D eigenvalue weighted by molar-refractivity contribution is 6.99. The van der Waals surface area contributed by atoms with Crippen LogP contribution in [0, 0.1) is 0 Å². The third-order valence-corrected chi connectivity index (χ3v) is 3.76. The molecule has 0 spiro atoms. The van der Waals surface area contributed by atoms with Crippen molar-refractivity contribution >= 4 is 17.6 Å². The van der Waals surface area contributed by atoms with Gasteiger partial charge in [0.25, 0.3) is 5.91 Å². The monoisotopic (exact) mass is 313 g/mol. The third kappa shape index (κ3) is 3.56. The zero-order valence-electron chi connectivity index (χ0n) is 11.8. The van der Waals surface area contributed by atoms with E-state index in [0.717, 1.165) is 30.5 Å². The Balaban J connectivity index is 1.57. The molecule has 7 heteroatoms. The summed E-state index contributed by atoms with van der Waals surface area (Å²) in [6.45, 7) is 1.20. The Labute approximate surface area is 132 Å². The molecule has 112 valence electrons. The highest BCUT2D eigenvalue weighted by Crippen LogP contribution is 2.05. The maximum absolute atomic E-state index is 11.8. The third-order valence-electron chi connectivity index (χ3n) is 3.29. The molecule has 0 aliphatic heterocycles. The number of carbonyl (C=O) groups excluding carboxylic acids is 1. The van der Waals surface area contributed by atoms with Crippen LogP contribution in [0.25, 0.3) is 0 Å². The van der Waals surface area contributed by atoms with Crippen LogP contribution < -0.4 is 5.32 Å². The second-order valence-corrected chi connectivity index (χ2v) is 5.30. The number of rotatable bonds is 6. The predicted molar refractivity (Wildman–Crippen MR) is 83.5 cm³/mol. The summed E-state index contributed by atoms with van der Waals surface area (Å²) in [6.07, 6.45) is 6.06. The van der Waals surface area contributed by atoms with Gasteiger partial charge in [0, 0.05) is 18.9 Å². The minimum absolute atomic E-state index is 0.230. The van der Waals surface area contributed by atoms with Gasteiger partial charge in [0.15, 0.2) is 5.69 Å². The van der Waals surface area contributed by atoms with Crippen LogP contribution >= 0.6 is 11.7 Å². The Morgan fingerprint density at radius 3 is 2.91 bits per heavy atom. The first-order valence-electron chi connectivity index (χ1n) is 6.92. The van der Waals surface area contributed by atoms with Crippen LogP contribution in [0.4, 0.5) is 0 Å². The van der Waals surface area contributed by atoms with Crippen molar-refractivity contribution in [1.29, 1.82) is 0 Å². The number of nitrogens with zero attached hydrogens (tertiary/aromatic N) is 4. The van der Waals surface area contributed by atoms with Gasteiger partial charge in [-0.25, -0.2) is 4.98 Å². The van der Waals surface area contributed by atoms with Crippen LogP contribution in [0.3, 0.4) is 0 Å². The van der Waals surface area contributed by atoms with Crippen LogP contribution in [0.1, 0.15) is 21.9 Å². The van der Waals surface area contributed by atoms with E-state index in [1.807, 2.05) is 29.0 Å². The number of benzene rings is 1. The highest BCUT2D eigenvalue weighted by Gasteiger charge is 2.10. The molecule has 2 heterocycles. The number of hydrogen-bond donors (Lipinski definition) is 1. The summed E-state index contributed by atoms with van der Waals surface area (Å²) in [6, 6.07) is 10.3. The normalized spacial score (nSPS) is 10.5. The first-order valence-corrected chi connectivity index (χ1v) is 7.65. The number of nitrogens with one attached hydrogen (secondary N) is 1. The maximum Gasteiger partial charge on any atom is 0.273 e. The van der Waals surface area contributed by atoms with E-state index in [0.29, 0.717) is 12.2 Å². The summed E-state index contributed by atoms with van der Waals surface area (Å²) in [4.78, 5) is 16.1. The Hall–Kier alpha value is -2.54. The van der Waals surface area contributed by atoms with E-state index in [9.17, 15) is 4.79 Å². The van der Waals surface area contributed by atoms with E-state index in [1.54, 1.807) is 6.20 Å². The Kier molecular flexibility index (Phi) is 4.55. The molecule has 0 saturated carbocycles. The molecule has 0 unspecified atom stereocenters. The number of hydrogen-bond acceptors (Lipinski definition) is 5. The zero-order chi connectivity index (χ0) is 15.2. The topological polar surface area (TPSA) is 72.7 Å². The molecule has 0 bridgehead atoms. The average Bonchev–Trinajstić information content (AvgIpc) is 3.23. The number of aryl methyl sites for hydroxylation is 2. The van der Waals surface area contributed by atoms with E-state index in [1.165, 1.54) is 11.8 Å². The molecule has 22 heavy (non-hydrogen) atoms. The van der Waals surface area contributed by atoms with Gasteiger partial charge in [0.1, 0.15) is 5.82 Å². The molecule has 0 saturated heterocycles. The molecule has 0 fully saturated rings. The van der Waals surface area contributed by atoms with Crippen LogP contribution in [0.2, 0.25) is 0 Å². The van der Waals surface area contributed by atoms with Gasteiger partial charge in [-0.3, -0.25) is 4.79 Å². The van der Waals surface area contributed by atoms with Gasteiger partial charge < -0.3 is 9.88 Å². The number of imidazole rings is 1. The van der Waals surface area contributed by atoms with Gasteiger partial charge >= 0.3 is 0 Å². The van der Waals surface area contributed by atoms with Gasteiger partial charge in [0.2, 0.25) is 0 Å². The maximum atomic E-state index is 11.8. The lowest BCUT2D eigenvalue weighted by atomic mass is 10.1. The summed E-state index contributed by atoms with van der Waals surface area (Å²) in [7, 11) is 0. The van der Waals surface area contributed by atoms with Crippen molar-refractivity contribution < 1.29 is 4.79 Å². The molecule has 0 aliphatic rings. The number of aromatic nitrogens is 4. The molecular weight excluding hydrogens is 298 g/mol. The summed E-state index contributed by atoms with van der Waals surface area (Å²) >= 11 is 1.02. The first-order chi connectivity index (χ1) is 10.8. The molecule has 1 aromatic carbocycles. The van der Waals surface area contributed by atoms with Gasteiger partial charge in [-0.05, 0) is 12.0 Å². The largest absolute Gasteiger partial charge is 0.343 e. The van der Waals surface area contributed by atoms with Gasteiger partial charge in [-0.1, -0.05) is 30.3 Å². The second kappa shape index (κ2) is 6.95. The standard InChI is InChI=1S/C15H15N5OS/c21-15(13-10-18-22-19-13)17-11-14-16-7-9-20(14)8-6-12-4-2-1-3-5-12/h1-5,7,9-10H,6,8,11H2,(H,17,21). The number of carbonyl (C=O) groups is 1. The fourth-order valence-electron chi connectivity index (χ4n) is 2.12. The highest BCUT2D eigenvalue weighted by atomic mass is 32.1. The minimum atomic E-state index is -0.230. The van der Waals surface area contributed by atoms with Crippen molar-refractivity contribution in [2.75, 3.05) is 0 Å². The SMILES string of the molecule is O=C(NCc1nccn1CCc1ccccc1)c1cnsn1. The van der Waals surface area contributed by atoms with Crippen molar-refractivity contribution in [2.45, 2.75) is 19.5 Å². The second-order valence-electron chi connectivity index (χ2n) is 4.75. The van der Waals surface area contributed by atoms with Crippen molar-refractivity contribution in [1.82, 2.24) is 23.6 Å². The molecule has 3 aromatic rings. The molecule has 0 aliphatic carbocycles. The fraction of sp³-hybridized carbons (Fsp3) is 0.200. The lowest BCUT2D eigenvalue weighted by molar-refractivity contribution is 0.0945. The molecule has 0 atom stereocenters. The Morgan fingerprint density at radius 1 is 1.27 bits per heavy atom. The average molecular weight is 313 g/mol. The van der Waals surface area contributed by atoms with Crippen molar-refractivity contribution in [2.24, 2.45) is 0 Å². The van der Waals surface area contributed by atoms with Crippen LogP contribution in [-0.4, -0.2) is 24.2 Å². The molecular formula is C15H15N5OS. The van der Waals surface area contributed by atoms with Crippen LogP contribution in [-0.2, 0) is 19.5 Å². The first kappa shape index (κ1) is 14.4. The van der Waals surface area contributed by atoms with Crippen molar-refractivity contribution in [3.63, 3.8) is 0 Å². The lowest BCUT2D eigenvalue weighted by Crippen LogP contribution is -2.25. The predicted octanol–water partition coefficient (Wildman–Crippen LogP) is 1.91. The van der Waals surface area contributed by atoms with Gasteiger partial charge in [-0.2, -0.15) is 8.75 Å². The smallest absolute Gasteiger partial charge is 0.273 e. The van der Waals surface area contributed by atoms with E-state index < -0.39 is 0 Å². The van der Waals surface area contributed by atoms with E-state index in [2.05, 4.69) is 31.2 Å². The summed E-state index contributed by atoms with van der Waals surface area (Å²) < 4.78 is 9.77. The van der Waals surface area contributed by atoms with E-state index >= 15 is 0 Å². The minimum Gasteiger partial charge on any atom is -0.343 e. The zero-order valence-corrected chi connectivity index (χ0v) is 12.7. The molecule has 3 rings (SSSR count). The summed E-state index contributed by atoms with van der Waals surface area (Å²) in [5.74, 6) is 0.596. The molecule has 1 N–H and O–H groups in total. The lowest BCUT2D eigenvalue weighted by Gasteiger charge is -2.08. The van der Waals surface area contributed by atoms with E-state index in [-0.39, 0.29) is 5.91 Å². The summed E-state index contributed by atoms with van der Waals surface area (Å²) in [5, 5.41) is 2.81. The van der Waals surface area contributed by atoms with Crippen molar-refractivity contribution in [3.8, 4) is 0 Å². The Morgan fingerprint density at radius 2 is 2.14 bits per heavy atom. The molecule has 0 radical (unpaired) electrons. The molecule has 2 aromatic heterocycles. The number of amides is 1.